The first kappa shape index (κ1) is 14.4. The molecule has 1 amide bonds. The molecule has 0 heterocycles. The van der Waals surface area contributed by atoms with Gasteiger partial charge in [-0.15, -0.1) is 0 Å². The summed E-state index contributed by atoms with van der Waals surface area (Å²) in [6, 6.07) is 6.32. The van der Waals surface area contributed by atoms with Gasteiger partial charge in [0.1, 0.15) is 5.75 Å². The molecule has 100 valence electrons. The van der Waals surface area contributed by atoms with E-state index < -0.39 is 18.9 Å². The molecule has 0 atom stereocenters. The third-order valence-electron chi connectivity index (χ3n) is 2.44. The van der Waals surface area contributed by atoms with Crippen LogP contribution >= 0.6 is 0 Å². The summed E-state index contributed by atoms with van der Waals surface area (Å²) in [6.07, 6.45) is -2.70. The van der Waals surface area contributed by atoms with Gasteiger partial charge < -0.3 is 15.7 Å². The molecule has 0 aliphatic heterocycles. The van der Waals surface area contributed by atoms with E-state index in [1.807, 2.05) is 0 Å². The molecule has 0 aromatic heterocycles. The van der Waals surface area contributed by atoms with E-state index in [1.54, 1.807) is 18.2 Å². The van der Waals surface area contributed by atoms with E-state index in [2.05, 4.69) is 0 Å². The molecule has 0 saturated carbocycles. The highest BCUT2D eigenvalue weighted by Gasteiger charge is 2.18. The van der Waals surface area contributed by atoms with Crippen LogP contribution in [0, 0.1) is 0 Å². The number of benzene rings is 1. The van der Waals surface area contributed by atoms with Gasteiger partial charge in [0, 0.05) is 18.7 Å². The Morgan fingerprint density at radius 1 is 1.39 bits per heavy atom. The van der Waals surface area contributed by atoms with Crippen molar-refractivity contribution in [2.24, 2.45) is 5.73 Å². The van der Waals surface area contributed by atoms with Crippen LogP contribution in [0.1, 0.15) is 5.56 Å². The zero-order chi connectivity index (χ0) is 13.5. The van der Waals surface area contributed by atoms with Crippen LogP contribution in [-0.2, 0) is 11.2 Å². The number of aromatic hydroxyl groups is 1. The first-order valence-electron chi connectivity index (χ1n) is 5.57. The maximum Gasteiger partial charge on any atom is 0.255 e. The smallest absolute Gasteiger partial charge is 0.255 e. The lowest BCUT2D eigenvalue weighted by molar-refractivity contribution is -0.132. The lowest BCUT2D eigenvalue weighted by Crippen LogP contribution is -2.39. The number of hydrogen-bond acceptors (Lipinski definition) is 3. The monoisotopic (exact) mass is 258 g/mol. The Labute approximate surface area is 104 Å². The van der Waals surface area contributed by atoms with E-state index in [0.29, 0.717) is 5.56 Å². The number of hydrogen-bond donors (Lipinski definition) is 2. The number of halogens is 2. The minimum absolute atomic E-state index is 0.0180. The molecule has 6 heteroatoms. The Morgan fingerprint density at radius 3 is 2.61 bits per heavy atom. The maximum atomic E-state index is 12.3. The van der Waals surface area contributed by atoms with Gasteiger partial charge in [0.05, 0.1) is 13.0 Å². The minimum atomic E-state index is -2.59. The Kier molecular flexibility index (Phi) is 5.51. The van der Waals surface area contributed by atoms with Crippen molar-refractivity contribution in [1.29, 1.82) is 0 Å². The Balaban J connectivity index is 2.69. The van der Waals surface area contributed by atoms with Gasteiger partial charge in [-0.25, -0.2) is 8.78 Å². The van der Waals surface area contributed by atoms with Crippen molar-refractivity contribution < 1.29 is 18.7 Å². The van der Waals surface area contributed by atoms with Crippen molar-refractivity contribution in [2.45, 2.75) is 12.8 Å². The molecule has 1 aromatic rings. The number of amides is 1. The standard InChI is InChI=1S/C12H16F2N2O2/c13-11(14)8-16(6-5-15)12(18)7-9-3-1-2-4-10(9)17/h1-4,11,17H,5-8,15H2. The van der Waals surface area contributed by atoms with E-state index in [1.165, 1.54) is 6.07 Å². The second-order valence-corrected chi connectivity index (χ2v) is 3.83. The van der Waals surface area contributed by atoms with Crippen LogP contribution in [0.15, 0.2) is 24.3 Å². The van der Waals surface area contributed by atoms with Gasteiger partial charge in [-0.2, -0.15) is 0 Å². The predicted molar refractivity (Wildman–Crippen MR) is 63.4 cm³/mol. The maximum absolute atomic E-state index is 12.3. The lowest BCUT2D eigenvalue weighted by Gasteiger charge is -2.21. The molecule has 0 unspecified atom stereocenters. The Bertz CT molecular complexity index is 399. The van der Waals surface area contributed by atoms with E-state index >= 15 is 0 Å². The first-order chi connectivity index (χ1) is 8.54. The number of phenolic OH excluding ortho intramolecular Hbond substituents is 1. The van der Waals surface area contributed by atoms with Gasteiger partial charge in [-0.3, -0.25) is 4.79 Å². The number of para-hydroxylation sites is 1. The van der Waals surface area contributed by atoms with E-state index in [9.17, 15) is 18.7 Å². The van der Waals surface area contributed by atoms with Gasteiger partial charge in [0.25, 0.3) is 6.43 Å². The quantitative estimate of drug-likeness (QED) is 0.799. The molecule has 0 saturated heterocycles. The Hall–Kier alpha value is -1.69. The number of carbonyl (C=O) groups excluding carboxylic acids is 1. The number of carbonyl (C=O) groups is 1. The summed E-state index contributed by atoms with van der Waals surface area (Å²) in [5.41, 5.74) is 5.69. The molecule has 1 rings (SSSR count). The van der Waals surface area contributed by atoms with Gasteiger partial charge in [-0.1, -0.05) is 18.2 Å². The van der Waals surface area contributed by atoms with Crippen molar-refractivity contribution in [3.05, 3.63) is 29.8 Å². The first-order valence-corrected chi connectivity index (χ1v) is 5.57. The second-order valence-electron chi connectivity index (χ2n) is 3.83. The zero-order valence-corrected chi connectivity index (χ0v) is 9.85. The van der Waals surface area contributed by atoms with Crippen molar-refractivity contribution in [2.75, 3.05) is 19.6 Å². The van der Waals surface area contributed by atoms with Gasteiger partial charge in [-0.05, 0) is 6.07 Å². The summed E-state index contributed by atoms with van der Waals surface area (Å²) in [6.45, 7) is -0.431. The van der Waals surface area contributed by atoms with E-state index in [0.717, 1.165) is 4.90 Å². The topological polar surface area (TPSA) is 66.6 Å². The van der Waals surface area contributed by atoms with Crippen molar-refractivity contribution >= 4 is 5.91 Å². The SMILES string of the molecule is NCCN(CC(F)F)C(=O)Cc1ccccc1O. The third-order valence-corrected chi connectivity index (χ3v) is 2.44. The zero-order valence-electron chi connectivity index (χ0n) is 9.85. The van der Waals surface area contributed by atoms with Crippen molar-refractivity contribution in [3.63, 3.8) is 0 Å². The molecule has 0 fully saturated rings. The van der Waals surface area contributed by atoms with E-state index in [-0.39, 0.29) is 25.3 Å². The van der Waals surface area contributed by atoms with Crippen LogP contribution in [-0.4, -0.2) is 42.0 Å². The van der Waals surface area contributed by atoms with Gasteiger partial charge in [0.15, 0.2) is 0 Å². The normalized spacial score (nSPS) is 10.7. The fourth-order valence-electron chi connectivity index (χ4n) is 1.58. The molecule has 0 spiro atoms. The number of alkyl halides is 2. The molecule has 1 aromatic carbocycles. The molecular formula is C12H16F2N2O2. The van der Waals surface area contributed by atoms with Crippen molar-refractivity contribution in [3.8, 4) is 5.75 Å². The number of nitrogens with two attached hydrogens (primary N) is 1. The fourth-order valence-corrected chi connectivity index (χ4v) is 1.58. The molecule has 0 aliphatic rings. The molecule has 3 N–H and O–H groups in total. The largest absolute Gasteiger partial charge is 0.508 e. The lowest BCUT2D eigenvalue weighted by atomic mass is 10.1. The molecule has 18 heavy (non-hydrogen) atoms. The van der Waals surface area contributed by atoms with Gasteiger partial charge >= 0.3 is 0 Å². The summed E-state index contributed by atoms with van der Waals surface area (Å²) in [5, 5.41) is 9.51. The average molecular weight is 258 g/mol. The summed E-state index contributed by atoms with van der Waals surface area (Å²) in [4.78, 5) is 12.8. The highest BCUT2D eigenvalue weighted by molar-refractivity contribution is 5.79. The van der Waals surface area contributed by atoms with Crippen LogP contribution < -0.4 is 5.73 Å². The molecular weight excluding hydrogens is 242 g/mol. The highest BCUT2D eigenvalue weighted by Crippen LogP contribution is 2.17. The van der Waals surface area contributed by atoms with Crippen LogP contribution in [0.5, 0.6) is 5.75 Å². The summed E-state index contributed by atoms with van der Waals surface area (Å²) < 4.78 is 24.6. The van der Waals surface area contributed by atoms with Crippen LogP contribution in [0.4, 0.5) is 8.78 Å². The van der Waals surface area contributed by atoms with E-state index in [4.69, 9.17) is 5.73 Å². The minimum Gasteiger partial charge on any atom is -0.508 e. The number of phenols is 1. The summed E-state index contributed by atoms with van der Waals surface area (Å²) in [7, 11) is 0. The van der Waals surface area contributed by atoms with Crippen LogP contribution in [0.25, 0.3) is 0 Å². The van der Waals surface area contributed by atoms with Crippen LogP contribution in [0.2, 0.25) is 0 Å². The van der Waals surface area contributed by atoms with Crippen LogP contribution in [0.3, 0.4) is 0 Å². The Morgan fingerprint density at radius 2 is 2.06 bits per heavy atom. The molecule has 4 nitrogen and oxygen atoms in total. The fraction of sp³-hybridized carbons (Fsp3) is 0.417. The molecule has 0 radical (unpaired) electrons. The average Bonchev–Trinajstić information content (AvgIpc) is 2.31. The number of nitrogens with zero attached hydrogens (tertiary/aromatic N) is 1. The summed E-state index contributed by atoms with van der Waals surface area (Å²) >= 11 is 0. The number of rotatable bonds is 6. The summed E-state index contributed by atoms with van der Waals surface area (Å²) in [5.74, 6) is -0.488. The third kappa shape index (κ3) is 4.29. The highest BCUT2D eigenvalue weighted by atomic mass is 19.3. The van der Waals surface area contributed by atoms with Crippen molar-refractivity contribution in [1.82, 2.24) is 4.90 Å². The molecule has 0 bridgehead atoms. The second kappa shape index (κ2) is 6.90. The van der Waals surface area contributed by atoms with Gasteiger partial charge in [0.2, 0.25) is 5.91 Å². The predicted octanol–water partition coefficient (Wildman–Crippen LogP) is 0.987. The molecule has 0 aliphatic carbocycles.